The van der Waals surface area contributed by atoms with E-state index in [1.807, 2.05) is 20.8 Å². The predicted octanol–water partition coefficient (Wildman–Crippen LogP) is 2.69. The number of nitrogens with zero attached hydrogens (tertiary/aromatic N) is 1. The molecule has 0 heterocycles. The summed E-state index contributed by atoms with van der Waals surface area (Å²) in [5, 5.41) is 0.973. The van der Waals surface area contributed by atoms with Crippen LogP contribution in [-0.2, 0) is 11.0 Å². The molecule has 0 rings (SSSR count). The molecule has 0 unspecified atom stereocenters. The molecule has 0 N–H and O–H groups in total. The Morgan fingerprint density at radius 3 is 2.50 bits per heavy atom. The molecule has 0 aliphatic rings. The van der Waals surface area contributed by atoms with E-state index in [-0.39, 0.29) is 4.75 Å². The fraction of sp³-hybridized carbons (Fsp3) is 0.875. The van der Waals surface area contributed by atoms with Gasteiger partial charge in [0.2, 0.25) is 0 Å². The van der Waals surface area contributed by atoms with Crippen LogP contribution in [-0.4, -0.2) is 20.5 Å². The van der Waals surface area contributed by atoms with Crippen LogP contribution in [0.5, 0.6) is 0 Å². The van der Waals surface area contributed by atoms with E-state index in [1.54, 1.807) is 6.21 Å². The molecule has 0 bridgehead atoms. The molecular formula is C8H16BrNOS. The molecule has 0 radical (unpaired) electrons. The molecule has 0 fully saturated rings. The van der Waals surface area contributed by atoms with Crippen molar-refractivity contribution in [2.24, 2.45) is 4.40 Å². The quantitative estimate of drug-likeness (QED) is 0.431. The second-order valence-electron chi connectivity index (χ2n) is 3.48. The Kier molecular flexibility index (Phi) is 6.01. The molecule has 0 aromatic heterocycles. The number of hydrogen-bond acceptors (Lipinski definition) is 1. The molecule has 0 saturated heterocycles. The van der Waals surface area contributed by atoms with E-state index in [9.17, 15) is 4.21 Å². The van der Waals surface area contributed by atoms with Crippen LogP contribution in [0.25, 0.3) is 0 Å². The predicted molar refractivity (Wildman–Crippen MR) is 59.4 cm³/mol. The van der Waals surface area contributed by atoms with Gasteiger partial charge in [-0.05, 0) is 33.6 Å². The van der Waals surface area contributed by atoms with E-state index in [0.29, 0.717) is 0 Å². The van der Waals surface area contributed by atoms with Crippen LogP contribution in [0.2, 0.25) is 0 Å². The van der Waals surface area contributed by atoms with Gasteiger partial charge in [0.15, 0.2) is 0 Å². The van der Waals surface area contributed by atoms with Crippen LogP contribution in [0.15, 0.2) is 4.40 Å². The average molecular weight is 254 g/mol. The monoisotopic (exact) mass is 253 g/mol. The third kappa shape index (κ3) is 5.89. The molecule has 0 aromatic rings. The van der Waals surface area contributed by atoms with Gasteiger partial charge in [-0.15, -0.1) is 0 Å². The van der Waals surface area contributed by atoms with Crippen molar-refractivity contribution in [1.82, 2.24) is 0 Å². The van der Waals surface area contributed by atoms with Gasteiger partial charge in [0.25, 0.3) is 0 Å². The zero-order valence-electron chi connectivity index (χ0n) is 7.84. The molecule has 0 spiro atoms. The lowest BCUT2D eigenvalue weighted by atomic mass is 10.3. The Labute approximate surface area is 85.6 Å². The first-order valence-electron chi connectivity index (χ1n) is 3.99. The number of hydrogen-bond donors (Lipinski definition) is 0. The number of unbranched alkanes of at least 4 members (excludes halogenated alkanes) is 1. The fourth-order valence-corrected chi connectivity index (χ4v) is 1.33. The Balaban J connectivity index is 3.77. The van der Waals surface area contributed by atoms with Crippen molar-refractivity contribution < 1.29 is 4.21 Å². The molecular weight excluding hydrogens is 238 g/mol. The van der Waals surface area contributed by atoms with Crippen molar-refractivity contribution in [3.8, 4) is 0 Å². The Morgan fingerprint density at radius 1 is 1.50 bits per heavy atom. The number of halogens is 1. The van der Waals surface area contributed by atoms with Gasteiger partial charge in [-0.1, -0.05) is 15.9 Å². The van der Waals surface area contributed by atoms with Gasteiger partial charge in [0, 0.05) is 11.5 Å². The second-order valence-corrected chi connectivity index (χ2v) is 6.21. The van der Waals surface area contributed by atoms with Gasteiger partial charge in [-0.3, -0.25) is 0 Å². The van der Waals surface area contributed by atoms with E-state index in [4.69, 9.17) is 0 Å². The largest absolute Gasteiger partial charge is 0.234 e. The van der Waals surface area contributed by atoms with Gasteiger partial charge in [-0.25, -0.2) is 4.21 Å². The average Bonchev–Trinajstić information content (AvgIpc) is 1.96. The summed E-state index contributed by atoms with van der Waals surface area (Å²) in [6.45, 7) is 5.76. The molecule has 72 valence electrons. The first kappa shape index (κ1) is 12.3. The summed E-state index contributed by atoms with van der Waals surface area (Å²) in [6, 6.07) is 0. The zero-order valence-corrected chi connectivity index (χ0v) is 10.2. The van der Waals surface area contributed by atoms with Crippen LogP contribution in [0.1, 0.15) is 33.6 Å². The molecule has 0 aliphatic carbocycles. The molecule has 0 amide bonds. The molecule has 0 saturated carbocycles. The Hall–Kier alpha value is 0.300. The van der Waals surface area contributed by atoms with E-state index < -0.39 is 11.0 Å². The van der Waals surface area contributed by atoms with Gasteiger partial charge in [0.05, 0.1) is 4.75 Å². The van der Waals surface area contributed by atoms with Crippen LogP contribution in [0.3, 0.4) is 0 Å². The highest BCUT2D eigenvalue weighted by Crippen LogP contribution is 2.11. The highest BCUT2D eigenvalue weighted by Gasteiger charge is 2.17. The minimum atomic E-state index is -1.09. The highest BCUT2D eigenvalue weighted by molar-refractivity contribution is 9.09. The van der Waals surface area contributed by atoms with Crippen LogP contribution in [0.4, 0.5) is 0 Å². The molecule has 0 aromatic carbocycles. The van der Waals surface area contributed by atoms with Crippen molar-refractivity contribution >= 4 is 33.1 Å². The first-order chi connectivity index (χ1) is 5.48. The first-order valence-corrected chi connectivity index (χ1v) is 6.22. The van der Waals surface area contributed by atoms with Crippen LogP contribution < -0.4 is 0 Å². The summed E-state index contributed by atoms with van der Waals surface area (Å²) in [5.74, 6) is 0. The van der Waals surface area contributed by atoms with Gasteiger partial charge in [0.1, 0.15) is 11.0 Å². The standard InChI is InChI=1S/C8H16BrNOS/c1-8(2,3)12(11)10-7-5-4-6-9/h7H,4-6H2,1-3H3/b10-7+/t12-/m1/s1. The lowest BCUT2D eigenvalue weighted by molar-refractivity contribution is 0.650. The van der Waals surface area contributed by atoms with Crippen molar-refractivity contribution in [3.63, 3.8) is 0 Å². The van der Waals surface area contributed by atoms with Crippen LogP contribution >= 0.6 is 15.9 Å². The van der Waals surface area contributed by atoms with E-state index in [0.717, 1.165) is 18.2 Å². The number of alkyl halides is 1. The minimum Gasteiger partial charge on any atom is -0.234 e. The third-order valence-electron chi connectivity index (χ3n) is 1.16. The summed E-state index contributed by atoms with van der Waals surface area (Å²) >= 11 is 3.32. The van der Waals surface area contributed by atoms with Crippen molar-refractivity contribution in [1.29, 1.82) is 0 Å². The van der Waals surface area contributed by atoms with E-state index in [2.05, 4.69) is 20.3 Å². The minimum absolute atomic E-state index is 0.231. The lowest BCUT2D eigenvalue weighted by Crippen LogP contribution is -2.19. The van der Waals surface area contributed by atoms with Crippen molar-refractivity contribution in [3.05, 3.63) is 0 Å². The molecule has 2 nitrogen and oxygen atoms in total. The third-order valence-corrected chi connectivity index (χ3v) is 3.11. The van der Waals surface area contributed by atoms with Gasteiger partial charge in [-0.2, -0.15) is 4.40 Å². The lowest BCUT2D eigenvalue weighted by Gasteiger charge is -2.12. The zero-order chi connectivity index (χ0) is 9.61. The topological polar surface area (TPSA) is 29.4 Å². The summed E-state index contributed by atoms with van der Waals surface area (Å²) in [7, 11) is -1.09. The second kappa shape index (κ2) is 5.86. The summed E-state index contributed by atoms with van der Waals surface area (Å²) < 4.78 is 15.1. The van der Waals surface area contributed by atoms with Crippen molar-refractivity contribution in [2.75, 3.05) is 5.33 Å². The maximum atomic E-state index is 11.3. The number of rotatable bonds is 4. The fourth-order valence-electron chi connectivity index (χ4n) is 0.447. The van der Waals surface area contributed by atoms with Crippen LogP contribution in [0, 0.1) is 0 Å². The molecule has 1 atom stereocenters. The van der Waals surface area contributed by atoms with E-state index in [1.165, 1.54) is 0 Å². The molecule has 4 heteroatoms. The summed E-state index contributed by atoms with van der Waals surface area (Å²) in [4.78, 5) is 0. The maximum absolute atomic E-state index is 11.3. The van der Waals surface area contributed by atoms with E-state index >= 15 is 0 Å². The normalized spacial score (nSPS) is 15.3. The molecule has 0 aliphatic heterocycles. The van der Waals surface area contributed by atoms with Gasteiger partial charge < -0.3 is 0 Å². The molecule has 12 heavy (non-hydrogen) atoms. The highest BCUT2D eigenvalue weighted by atomic mass is 79.9. The summed E-state index contributed by atoms with van der Waals surface area (Å²) in [6.07, 6.45) is 3.69. The Morgan fingerprint density at radius 2 is 2.08 bits per heavy atom. The SMILES string of the molecule is CC(C)(C)[S@@](=O)/N=C/CCCBr. The maximum Gasteiger partial charge on any atom is 0.144 e. The smallest absolute Gasteiger partial charge is 0.144 e. The summed E-state index contributed by atoms with van der Waals surface area (Å²) in [5.41, 5.74) is 0. The van der Waals surface area contributed by atoms with Crippen molar-refractivity contribution in [2.45, 2.75) is 38.4 Å². The Bertz CT molecular complexity index is 174. The van der Waals surface area contributed by atoms with Gasteiger partial charge >= 0.3 is 0 Å².